The van der Waals surface area contributed by atoms with Crippen LogP contribution in [0.25, 0.3) is 11.2 Å². The van der Waals surface area contributed by atoms with Gasteiger partial charge in [-0.25, -0.2) is 4.98 Å². The Hall–Kier alpha value is -1.97. The fourth-order valence-corrected chi connectivity index (χ4v) is 4.29. The number of aromatic amines is 1. The Morgan fingerprint density at radius 3 is 2.87 bits per heavy atom. The zero-order valence-electron chi connectivity index (χ0n) is 12.4. The van der Waals surface area contributed by atoms with E-state index in [1.54, 1.807) is 4.57 Å². The normalized spacial score (nSPS) is 37.2. The molecule has 2 saturated carbocycles. The van der Waals surface area contributed by atoms with Crippen molar-refractivity contribution in [1.82, 2.24) is 19.5 Å². The molecule has 9 nitrogen and oxygen atoms in total. The number of fused-ring (bicyclic) bond motifs is 1. The van der Waals surface area contributed by atoms with Gasteiger partial charge in [0.05, 0.1) is 24.6 Å². The lowest BCUT2D eigenvalue weighted by Gasteiger charge is -2.31. The third kappa shape index (κ3) is 1.87. The van der Waals surface area contributed by atoms with Crippen LogP contribution in [-0.4, -0.2) is 53.2 Å². The molecule has 2 fully saturated rings. The Bertz CT molecular complexity index is 817. The van der Waals surface area contributed by atoms with Gasteiger partial charge in [0.25, 0.3) is 5.56 Å². The van der Waals surface area contributed by atoms with Crippen LogP contribution in [0.3, 0.4) is 0 Å². The molecule has 2 aliphatic rings. The van der Waals surface area contributed by atoms with Crippen molar-refractivity contribution in [2.75, 3.05) is 5.73 Å². The number of aliphatic hydroxyl groups is 3. The first-order chi connectivity index (χ1) is 10.9. The van der Waals surface area contributed by atoms with E-state index >= 15 is 0 Å². The lowest BCUT2D eigenvalue weighted by molar-refractivity contribution is -0.0693. The lowest BCUT2D eigenvalue weighted by atomic mass is 9.80. The van der Waals surface area contributed by atoms with Gasteiger partial charge in [0.1, 0.15) is 6.10 Å². The minimum atomic E-state index is -1.07. The number of H-pyrrole nitrogens is 1. The third-order valence-electron chi connectivity index (χ3n) is 5.49. The molecule has 2 aromatic rings. The van der Waals surface area contributed by atoms with Crippen LogP contribution in [0, 0.1) is 5.41 Å². The molecule has 0 saturated heterocycles. The second-order valence-electron chi connectivity index (χ2n) is 6.62. The fourth-order valence-electron chi connectivity index (χ4n) is 4.29. The van der Waals surface area contributed by atoms with Crippen LogP contribution in [0.5, 0.6) is 0 Å². The first kappa shape index (κ1) is 14.6. The molecule has 2 heterocycles. The Morgan fingerprint density at radius 1 is 1.39 bits per heavy atom. The Balaban J connectivity index is 1.81. The van der Waals surface area contributed by atoms with Crippen LogP contribution in [-0.2, 0) is 0 Å². The summed E-state index contributed by atoms with van der Waals surface area (Å²) < 4.78 is 1.58. The summed E-state index contributed by atoms with van der Waals surface area (Å²) in [5.74, 6) is -0.0344. The monoisotopic (exact) mass is 321 g/mol. The molecule has 2 aromatic heterocycles. The van der Waals surface area contributed by atoms with E-state index < -0.39 is 35.3 Å². The summed E-state index contributed by atoms with van der Waals surface area (Å²) >= 11 is 0. The molecular weight excluding hydrogens is 302 g/mol. The number of hydrogen-bond donors (Lipinski definition) is 5. The molecule has 4 rings (SSSR count). The number of aromatic nitrogens is 4. The molecule has 124 valence electrons. The highest BCUT2D eigenvalue weighted by Gasteiger charge is 2.58. The number of nitrogens with zero attached hydrogens (tertiary/aromatic N) is 3. The Kier molecular flexibility index (Phi) is 3.03. The van der Waals surface area contributed by atoms with Crippen molar-refractivity contribution in [3.63, 3.8) is 0 Å². The number of rotatable bonds is 1. The molecule has 0 amide bonds. The summed E-state index contributed by atoms with van der Waals surface area (Å²) in [5, 5.41) is 31.3. The maximum atomic E-state index is 11.9. The maximum absolute atomic E-state index is 11.9. The average molecular weight is 321 g/mol. The van der Waals surface area contributed by atoms with Crippen LogP contribution < -0.4 is 11.3 Å². The van der Waals surface area contributed by atoms with E-state index in [4.69, 9.17) is 5.73 Å². The van der Waals surface area contributed by atoms with Crippen molar-refractivity contribution < 1.29 is 15.3 Å². The number of nitrogens with two attached hydrogens (primary N) is 1. The number of aliphatic hydroxyl groups excluding tert-OH is 3. The summed E-state index contributed by atoms with van der Waals surface area (Å²) in [4.78, 5) is 22.4. The second-order valence-corrected chi connectivity index (χ2v) is 6.62. The zero-order chi connectivity index (χ0) is 16.4. The van der Waals surface area contributed by atoms with Crippen LogP contribution in [0.15, 0.2) is 11.1 Å². The van der Waals surface area contributed by atoms with Gasteiger partial charge >= 0.3 is 0 Å². The molecule has 0 aromatic carbocycles. The summed E-state index contributed by atoms with van der Waals surface area (Å²) in [6.07, 6.45) is 1.17. The number of hydrogen-bond acceptors (Lipinski definition) is 7. The highest BCUT2D eigenvalue weighted by atomic mass is 16.3. The van der Waals surface area contributed by atoms with E-state index in [0.717, 1.165) is 6.42 Å². The van der Waals surface area contributed by atoms with Crippen molar-refractivity contribution in [2.24, 2.45) is 5.41 Å². The van der Waals surface area contributed by atoms with Gasteiger partial charge in [-0.1, -0.05) is 6.42 Å². The molecule has 1 spiro atoms. The van der Waals surface area contributed by atoms with E-state index in [2.05, 4.69) is 15.0 Å². The van der Waals surface area contributed by atoms with E-state index in [1.807, 2.05) is 0 Å². The van der Waals surface area contributed by atoms with Crippen molar-refractivity contribution in [2.45, 2.75) is 50.0 Å². The molecule has 0 aliphatic heterocycles. The smallest absolute Gasteiger partial charge is 0.280 e. The zero-order valence-corrected chi connectivity index (χ0v) is 12.4. The van der Waals surface area contributed by atoms with Gasteiger partial charge in [-0.2, -0.15) is 4.98 Å². The predicted molar refractivity (Wildman–Crippen MR) is 80.5 cm³/mol. The average Bonchev–Trinajstić information content (AvgIpc) is 3.14. The van der Waals surface area contributed by atoms with E-state index in [0.29, 0.717) is 19.3 Å². The summed E-state index contributed by atoms with van der Waals surface area (Å²) in [7, 11) is 0. The lowest BCUT2D eigenvalue weighted by Crippen LogP contribution is -2.41. The van der Waals surface area contributed by atoms with Crippen LogP contribution in [0.1, 0.15) is 31.7 Å². The van der Waals surface area contributed by atoms with Crippen molar-refractivity contribution in [3.05, 3.63) is 16.7 Å². The summed E-state index contributed by atoms with van der Waals surface area (Å²) in [6, 6.07) is -0.517. The maximum Gasteiger partial charge on any atom is 0.280 e. The molecule has 0 unspecified atom stereocenters. The minimum absolute atomic E-state index is 0.0344. The fraction of sp³-hybridized carbons (Fsp3) is 0.643. The predicted octanol–water partition coefficient (Wildman–Crippen LogP) is -1.10. The Labute approximate surface area is 130 Å². The van der Waals surface area contributed by atoms with E-state index in [9.17, 15) is 20.1 Å². The van der Waals surface area contributed by atoms with Crippen molar-refractivity contribution >= 4 is 17.1 Å². The molecule has 0 radical (unpaired) electrons. The van der Waals surface area contributed by atoms with Crippen LogP contribution in [0.2, 0.25) is 0 Å². The van der Waals surface area contributed by atoms with Gasteiger partial charge in [0, 0.05) is 5.41 Å². The SMILES string of the molecule is Nc1nc2c(ncn2[C@@H]2C[C@@]3(CCC[C@@H]3O)[C@@H](O)[C@H]2O)c(=O)[nH]1. The number of anilines is 1. The molecule has 9 heteroatoms. The van der Waals surface area contributed by atoms with Gasteiger partial charge in [0.15, 0.2) is 11.2 Å². The minimum Gasteiger partial charge on any atom is -0.392 e. The van der Waals surface area contributed by atoms with E-state index in [1.165, 1.54) is 6.33 Å². The van der Waals surface area contributed by atoms with Gasteiger partial charge in [-0.05, 0) is 19.3 Å². The first-order valence-corrected chi connectivity index (χ1v) is 7.70. The molecule has 2 aliphatic carbocycles. The standard InChI is InChI=1S/C14H19N5O4/c15-13-17-11-8(12(23)18-13)16-5-19(11)6-4-14(10(22)9(6)21)3-1-2-7(14)20/h5-7,9-10,20-22H,1-4H2,(H3,15,17,18,23)/t6-,7+,9+,10+,14-/m1/s1. The number of nitrogen functional groups attached to an aromatic ring is 1. The van der Waals surface area contributed by atoms with Gasteiger partial charge < -0.3 is 25.6 Å². The number of nitrogens with one attached hydrogen (secondary N) is 1. The molecular formula is C14H19N5O4. The van der Waals surface area contributed by atoms with Gasteiger partial charge in [0.2, 0.25) is 5.95 Å². The summed E-state index contributed by atoms with van der Waals surface area (Å²) in [6.45, 7) is 0. The molecule has 23 heavy (non-hydrogen) atoms. The topological polar surface area (TPSA) is 150 Å². The van der Waals surface area contributed by atoms with E-state index in [-0.39, 0.29) is 17.1 Å². The highest BCUT2D eigenvalue weighted by molar-refractivity contribution is 5.70. The highest BCUT2D eigenvalue weighted by Crippen LogP contribution is 2.54. The third-order valence-corrected chi connectivity index (χ3v) is 5.49. The Morgan fingerprint density at radius 2 is 2.17 bits per heavy atom. The van der Waals surface area contributed by atoms with Crippen molar-refractivity contribution in [1.29, 1.82) is 0 Å². The van der Waals surface area contributed by atoms with Crippen LogP contribution >= 0.6 is 0 Å². The first-order valence-electron chi connectivity index (χ1n) is 7.70. The molecule has 5 atom stereocenters. The van der Waals surface area contributed by atoms with Gasteiger partial charge in [-0.15, -0.1) is 0 Å². The number of imidazole rings is 1. The van der Waals surface area contributed by atoms with Crippen molar-refractivity contribution in [3.8, 4) is 0 Å². The molecule has 6 N–H and O–H groups in total. The summed E-state index contributed by atoms with van der Waals surface area (Å²) in [5.41, 5.74) is 4.83. The quantitative estimate of drug-likeness (QED) is 0.447. The van der Waals surface area contributed by atoms with Crippen LogP contribution in [0.4, 0.5) is 5.95 Å². The van der Waals surface area contributed by atoms with Gasteiger partial charge in [-0.3, -0.25) is 9.78 Å². The molecule has 0 bridgehead atoms. The largest absolute Gasteiger partial charge is 0.392 e. The second kappa shape index (κ2) is 4.76.